The Morgan fingerprint density at radius 3 is 2.48 bits per heavy atom. The van der Waals surface area contributed by atoms with Crippen molar-refractivity contribution in [3.05, 3.63) is 35.5 Å². The Morgan fingerprint density at radius 2 is 1.88 bits per heavy atom. The van der Waals surface area contributed by atoms with Crippen LogP contribution in [0.2, 0.25) is 0 Å². The molecule has 0 radical (unpaired) electrons. The quantitative estimate of drug-likeness (QED) is 0.703. The molecule has 0 saturated heterocycles. The minimum atomic E-state index is -1.31. The van der Waals surface area contributed by atoms with Crippen molar-refractivity contribution in [2.75, 3.05) is 14.2 Å². The van der Waals surface area contributed by atoms with Gasteiger partial charge in [0.05, 0.1) is 37.0 Å². The topological polar surface area (TPSA) is 97.5 Å². The number of benzene rings is 1. The molecule has 0 aliphatic carbocycles. The number of rotatable bonds is 5. The fourth-order valence-corrected chi connectivity index (χ4v) is 2.67. The highest BCUT2D eigenvalue weighted by Gasteiger charge is 2.19. The Kier molecular flexibility index (Phi) is 4.31. The SMILES string of the molecule is COc1ccc(-c2cc(C(=O)[O-])c3c(C(C)C)noc3n2)cc1OC. The van der Waals surface area contributed by atoms with Gasteiger partial charge in [0, 0.05) is 11.1 Å². The summed E-state index contributed by atoms with van der Waals surface area (Å²) >= 11 is 0. The minimum Gasteiger partial charge on any atom is -0.545 e. The van der Waals surface area contributed by atoms with Crippen LogP contribution in [0, 0.1) is 0 Å². The van der Waals surface area contributed by atoms with E-state index in [4.69, 9.17) is 14.0 Å². The molecule has 3 aromatic rings. The molecule has 1 aromatic carbocycles. The molecule has 130 valence electrons. The third-order valence-corrected chi connectivity index (χ3v) is 3.92. The van der Waals surface area contributed by atoms with Crippen molar-refractivity contribution >= 4 is 17.1 Å². The monoisotopic (exact) mass is 341 g/mol. The molecule has 0 unspecified atom stereocenters. The Bertz CT molecular complexity index is 946. The largest absolute Gasteiger partial charge is 0.545 e. The molecule has 3 rings (SSSR count). The van der Waals surface area contributed by atoms with Gasteiger partial charge in [-0.15, -0.1) is 0 Å². The van der Waals surface area contributed by atoms with Gasteiger partial charge < -0.3 is 23.9 Å². The van der Waals surface area contributed by atoms with E-state index in [2.05, 4.69) is 10.1 Å². The van der Waals surface area contributed by atoms with Gasteiger partial charge in [-0.3, -0.25) is 0 Å². The molecule has 0 aliphatic rings. The molecule has 0 saturated carbocycles. The Labute approximate surface area is 144 Å². The van der Waals surface area contributed by atoms with Crippen molar-refractivity contribution < 1.29 is 23.9 Å². The number of carboxylic acid groups (broad SMARTS) is 1. The van der Waals surface area contributed by atoms with E-state index in [0.717, 1.165) is 0 Å². The van der Waals surface area contributed by atoms with Crippen LogP contribution in [0.4, 0.5) is 0 Å². The van der Waals surface area contributed by atoms with Crippen molar-refractivity contribution in [1.82, 2.24) is 10.1 Å². The number of carbonyl (C=O) groups is 1. The van der Waals surface area contributed by atoms with Gasteiger partial charge in [-0.05, 0) is 30.2 Å². The molecule has 0 N–H and O–H groups in total. The van der Waals surface area contributed by atoms with E-state index < -0.39 is 5.97 Å². The molecule has 0 bridgehead atoms. The summed E-state index contributed by atoms with van der Waals surface area (Å²) in [6.07, 6.45) is 0. The average molecular weight is 341 g/mol. The number of fused-ring (bicyclic) bond motifs is 1. The van der Waals surface area contributed by atoms with Gasteiger partial charge in [-0.25, -0.2) is 4.98 Å². The number of carboxylic acids is 1. The molecular formula is C18H17N2O5-. The van der Waals surface area contributed by atoms with Gasteiger partial charge in [0.25, 0.3) is 5.71 Å². The standard InChI is InChI=1S/C18H18N2O5/c1-9(2)16-15-11(18(21)22)8-12(19-17(15)25-20-16)10-5-6-13(23-3)14(7-10)24-4/h5-9H,1-4H3,(H,21,22)/p-1. The average Bonchev–Trinajstić information content (AvgIpc) is 3.04. The first-order chi connectivity index (χ1) is 12.0. The van der Waals surface area contributed by atoms with E-state index in [9.17, 15) is 9.90 Å². The zero-order chi connectivity index (χ0) is 18.1. The van der Waals surface area contributed by atoms with Crippen LogP contribution in [0.1, 0.15) is 35.8 Å². The van der Waals surface area contributed by atoms with E-state index >= 15 is 0 Å². The number of ether oxygens (including phenoxy) is 2. The number of hydrogen-bond acceptors (Lipinski definition) is 7. The Hall–Kier alpha value is -3.09. The van der Waals surface area contributed by atoms with Gasteiger partial charge in [0.15, 0.2) is 11.5 Å². The molecule has 0 amide bonds. The number of hydrogen-bond donors (Lipinski definition) is 0. The summed E-state index contributed by atoms with van der Waals surface area (Å²) in [7, 11) is 3.06. The van der Waals surface area contributed by atoms with Crippen molar-refractivity contribution in [3.63, 3.8) is 0 Å². The number of aromatic carboxylic acids is 1. The third kappa shape index (κ3) is 2.88. The Balaban J connectivity index is 2.23. The first-order valence-electron chi connectivity index (χ1n) is 7.70. The van der Waals surface area contributed by atoms with Crippen LogP contribution in [0.15, 0.2) is 28.8 Å². The zero-order valence-electron chi connectivity index (χ0n) is 14.3. The molecular weight excluding hydrogens is 324 g/mol. The van der Waals surface area contributed by atoms with Gasteiger partial charge in [0.2, 0.25) is 0 Å². The lowest BCUT2D eigenvalue weighted by molar-refractivity contribution is -0.254. The summed E-state index contributed by atoms with van der Waals surface area (Å²) in [6, 6.07) is 6.65. The summed E-state index contributed by atoms with van der Waals surface area (Å²) in [6.45, 7) is 3.80. The number of nitrogens with zero attached hydrogens (tertiary/aromatic N) is 2. The maximum atomic E-state index is 11.6. The van der Waals surface area contributed by atoms with E-state index in [1.165, 1.54) is 20.3 Å². The van der Waals surface area contributed by atoms with Crippen molar-refractivity contribution in [2.45, 2.75) is 19.8 Å². The molecule has 7 nitrogen and oxygen atoms in total. The van der Waals surface area contributed by atoms with Gasteiger partial charge in [-0.1, -0.05) is 19.0 Å². The molecule has 0 atom stereocenters. The van der Waals surface area contributed by atoms with Gasteiger partial charge in [0.1, 0.15) is 0 Å². The first-order valence-corrected chi connectivity index (χ1v) is 7.70. The van der Waals surface area contributed by atoms with E-state index in [0.29, 0.717) is 33.8 Å². The lowest BCUT2D eigenvalue weighted by atomic mass is 10.0. The number of aromatic nitrogens is 2. The van der Waals surface area contributed by atoms with E-state index in [1.807, 2.05) is 13.8 Å². The Morgan fingerprint density at radius 1 is 1.16 bits per heavy atom. The first kappa shape index (κ1) is 16.8. The summed E-state index contributed by atoms with van der Waals surface area (Å²) < 4.78 is 15.7. The lowest BCUT2D eigenvalue weighted by Gasteiger charge is -2.11. The summed E-state index contributed by atoms with van der Waals surface area (Å²) in [4.78, 5) is 16.0. The second-order valence-corrected chi connectivity index (χ2v) is 5.81. The second kappa shape index (κ2) is 6.43. The van der Waals surface area contributed by atoms with Crippen molar-refractivity contribution in [3.8, 4) is 22.8 Å². The van der Waals surface area contributed by atoms with Crippen LogP contribution >= 0.6 is 0 Å². The molecule has 0 fully saturated rings. The highest BCUT2D eigenvalue weighted by molar-refractivity contribution is 6.02. The predicted octanol–water partition coefficient (Wildman–Crippen LogP) is 2.39. The van der Waals surface area contributed by atoms with E-state index in [1.54, 1.807) is 18.2 Å². The normalized spacial score (nSPS) is 11.1. The fraction of sp³-hybridized carbons (Fsp3) is 0.278. The molecule has 2 heterocycles. The highest BCUT2D eigenvalue weighted by atomic mass is 16.5. The molecule has 2 aromatic heterocycles. The molecule has 25 heavy (non-hydrogen) atoms. The van der Waals surface area contributed by atoms with Gasteiger partial charge >= 0.3 is 0 Å². The van der Waals surface area contributed by atoms with Crippen molar-refractivity contribution in [1.29, 1.82) is 0 Å². The van der Waals surface area contributed by atoms with Gasteiger partial charge in [-0.2, -0.15) is 0 Å². The summed E-state index contributed by atoms with van der Waals surface area (Å²) in [5.74, 6) is -0.237. The molecule has 0 aliphatic heterocycles. The molecule has 0 spiro atoms. The highest BCUT2D eigenvalue weighted by Crippen LogP contribution is 2.34. The fourth-order valence-electron chi connectivity index (χ4n) is 2.67. The van der Waals surface area contributed by atoms with Crippen LogP contribution in [-0.2, 0) is 0 Å². The number of methoxy groups -OCH3 is 2. The maximum absolute atomic E-state index is 11.6. The predicted molar refractivity (Wildman–Crippen MR) is 88.8 cm³/mol. The van der Waals surface area contributed by atoms with Crippen LogP contribution in [0.5, 0.6) is 11.5 Å². The minimum absolute atomic E-state index is 0.000245. The lowest BCUT2D eigenvalue weighted by Crippen LogP contribution is -2.23. The smallest absolute Gasteiger partial charge is 0.259 e. The zero-order valence-corrected chi connectivity index (χ0v) is 14.3. The number of pyridine rings is 1. The van der Waals surface area contributed by atoms with Crippen LogP contribution in [-0.4, -0.2) is 30.3 Å². The summed E-state index contributed by atoms with van der Waals surface area (Å²) in [5, 5.41) is 16.0. The number of carbonyl (C=O) groups excluding carboxylic acids is 1. The van der Waals surface area contributed by atoms with Crippen LogP contribution in [0.25, 0.3) is 22.4 Å². The van der Waals surface area contributed by atoms with Crippen LogP contribution < -0.4 is 14.6 Å². The van der Waals surface area contributed by atoms with Crippen molar-refractivity contribution in [2.24, 2.45) is 0 Å². The second-order valence-electron chi connectivity index (χ2n) is 5.81. The van der Waals surface area contributed by atoms with Crippen LogP contribution in [0.3, 0.4) is 0 Å². The van der Waals surface area contributed by atoms with E-state index in [-0.39, 0.29) is 17.2 Å². The maximum Gasteiger partial charge on any atom is 0.259 e. The summed E-state index contributed by atoms with van der Waals surface area (Å²) in [5.41, 5.74) is 1.78. The third-order valence-electron chi connectivity index (χ3n) is 3.92. The molecule has 7 heteroatoms.